The quantitative estimate of drug-likeness (QED) is 0.192. The summed E-state index contributed by atoms with van der Waals surface area (Å²) in [7, 11) is 0. The van der Waals surface area contributed by atoms with Gasteiger partial charge in [0.25, 0.3) is 0 Å². The third kappa shape index (κ3) is 5.07. The van der Waals surface area contributed by atoms with Gasteiger partial charge in [-0.3, -0.25) is 4.79 Å². The highest BCUT2D eigenvalue weighted by molar-refractivity contribution is 7.99. The zero-order chi connectivity index (χ0) is 25.9. The number of imidazole rings is 1. The third-order valence-corrected chi connectivity index (χ3v) is 6.63. The van der Waals surface area contributed by atoms with Gasteiger partial charge in [-0.15, -0.1) is 0 Å². The lowest BCUT2D eigenvalue weighted by molar-refractivity contribution is 0.100. The van der Waals surface area contributed by atoms with Crippen molar-refractivity contribution in [1.82, 2.24) is 25.2 Å². The minimum atomic E-state index is -0.745. The van der Waals surface area contributed by atoms with Crippen LogP contribution >= 0.6 is 11.8 Å². The van der Waals surface area contributed by atoms with E-state index in [-0.39, 0.29) is 0 Å². The van der Waals surface area contributed by atoms with Crippen molar-refractivity contribution in [2.45, 2.75) is 16.8 Å². The molecule has 0 spiro atoms. The van der Waals surface area contributed by atoms with Gasteiger partial charge >= 0.3 is 6.03 Å². The van der Waals surface area contributed by atoms with Crippen LogP contribution in [0.15, 0.2) is 87.8 Å². The summed E-state index contributed by atoms with van der Waals surface area (Å²) in [5.74, 6) is 0.197. The predicted molar refractivity (Wildman–Crippen MR) is 143 cm³/mol. The first-order chi connectivity index (χ1) is 17.9. The number of nitrogens with zero attached hydrogens (tertiary/aromatic N) is 4. The molecule has 0 fully saturated rings. The number of carbonyl (C=O) groups is 2. The Hall–Kier alpha value is -4.90. The van der Waals surface area contributed by atoms with Crippen molar-refractivity contribution in [3.05, 3.63) is 89.6 Å². The molecule has 6 N–H and O–H groups in total. The van der Waals surface area contributed by atoms with E-state index < -0.39 is 11.9 Å². The number of H-pyrrole nitrogens is 1. The highest BCUT2D eigenvalue weighted by Crippen LogP contribution is 2.34. The fourth-order valence-corrected chi connectivity index (χ4v) is 4.80. The number of carbonyl (C=O) groups excluding carboxylic acids is 2. The molecule has 11 heteroatoms. The van der Waals surface area contributed by atoms with E-state index in [2.05, 4.69) is 20.5 Å². The number of hydrogen-bond donors (Lipinski definition) is 4. The minimum Gasteiger partial charge on any atom is -0.366 e. The summed E-state index contributed by atoms with van der Waals surface area (Å²) in [6.07, 6.45) is 1.54. The molecule has 10 nitrogen and oxygen atoms in total. The van der Waals surface area contributed by atoms with Gasteiger partial charge in [-0.1, -0.05) is 42.1 Å². The average molecular weight is 511 g/mol. The molecule has 0 aliphatic heterocycles. The molecule has 2 heterocycles. The number of primary amides is 2. The van der Waals surface area contributed by atoms with E-state index >= 15 is 0 Å². The Balaban J connectivity index is 1.47. The lowest BCUT2D eigenvalue weighted by Gasteiger charge is -2.09. The molecule has 0 aliphatic rings. The van der Waals surface area contributed by atoms with Crippen LogP contribution in [0.4, 0.5) is 4.79 Å². The van der Waals surface area contributed by atoms with Crippen molar-refractivity contribution in [3.63, 3.8) is 0 Å². The summed E-state index contributed by atoms with van der Waals surface area (Å²) in [4.78, 5) is 31.4. The van der Waals surface area contributed by atoms with Crippen LogP contribution in [0.3, 0.4) is 0 Å². The van der Waals surface area contributed by atoms with Crippen LogP contribution in [0.5, 0.6) is 0 Å². The van der Waals surface area contributed by atoms with Crippen LogP contribution in [-0.4, -0.2) is 37.9 Å². The molecule has 0 aliphatic carbocycles. The van der Waals surface area contributed by atoms with E-state index in [1.165, 1.54) is 18.0 Å². The monoisotopic (exact) mass is 510 g/mol. The number of aryl methyl sites for hydroxylation is 1. The Bertz CT molecular complexity index is 1640. The average Bonchev–Trinajstić information content (AvgIpc) is 3.45. The number of aromatic amines is 1. The summed E-state index contributed by atoms with van der Waals surface area (Å²) < 4.78 is 1.84. The maximum atomic E-state index is 11.5. The Morgan fingerprint density at radius 1 is 1.05 bits per heavy atom. The van der Waals surface area contributed by atoms with Crippen LogP contribution < -0.4 is 16.9 Å². The van der Waals surface area contributed by atoms with Gasteiger partial charge in [0.1, 0.15) is 10.9 Å². The van der Waals surface area contributed by atoms with Crippen molar-refractivity contribution in [3.8, 4) is 17.1 Å². The summed E-state index contributed by atoms with van der Waals surface area (Å²) in [5.41, 5.74) is 18.0. The first-order valence-corrected chi connectivity index (χ1v) is 12.0. The molecule has 3 aromatic carbocycles. The van der Waals surface area contributed by atoms with Crippen LogP contribution in [0, 0.1) is 6.92 Å². The van der Waals surface area contributed by atoms with Gasteiger partial charge in [0.15, 0.2) is 0 Å². The molecular formula is C26H22N8O2S. The summed E-state index contributed by atoms with van der Waals surface area (Å²) in [6, 6.07) is 22.0. The van der Waals surface area contributed by atoms with Crippen molar-refractivity contribution in [2.75, 3.05) is 0 Å². The van der Waals surface area contributed by atoms with Crippen molar-refractivity contribution >= 4 is 40.9 Å². The zero-order valence-corrected chi connectivity index (χ0v) is 20.5. The summed E-state index contributed by atoms with van der Waals surface area (Å²) >= 11 is 1.51. The normalized spacial score (nSPS) is 11.3. The fourth-order valence-electron chi connectivity index (χ4n) is 3.76. The number of amides is 3. The van der Waals surface area contributed by atoms with Gasteiger partial charge in [-0.05, 0) is 49.4 Å². The molecule has 0 unspecified atom stereocenters. The topological polar surface area (TPSA) is 157 Å². The van der Waals surface area contributed by atoms with E-state index in [1.807, 2.05) is 66.2 Å². The fraction of sp³-hybridized carbons (Fsp3) is 0.0385. The lowest BCUT2D eigenvalue weighted by Crippen LogP contribution is -2.24. The Kier molecular flexibility index (Phi) is 6.43. The molecule has 3 amide bonds. The van der Waals surface area contributed by atoms with E-state index in [9.17, 15) is 9.59 Å². The van der Waals surface area contributed by atoms with Gasteiger partial charge in [0.05, 0.1) is 34.2 Å². The number of nitrogens with one attached hydrogen (secondary N) is 2. The van der Waals surface area contributed by atoms with Crippen LogP contribution in [-0.2, 0) is 0 Å². The van der Waals surface area contributed by atoms with Gasteiger partial charge in [-0.2, -0.15) is 10.2 Å². The second kappa shape index (κ2) is 9.99. The van der Waals surface area contributed by atoms with Gasteiger partial charge in [0, 0.05) is 16.0 Å². The van der Waals surface area contributed by atoms with Crippen LogP contribution in [0.1, 0.15) is 21.6 Å². The van der Waals surface area contributed by atoms with Crippen molar-refractivity contribution in [1.29, 1.82) is 0 Å². The highest BCUT2D eigenvalue weighted by Gasteiger charge is 2.17. The first kappa shape index (κ1) is 23.8. The number of hydrazone groups is 1. The highest BCUT2D eigenvalue weighted by atomic mass is 32.2. The summed E-state index contributed by atoms with van der Waals surface area (Å²) in [6.45, 7) is 1.88. The number of urea groups is 1. The van der Waals surface area contributed by atoms with Crippen LogP contribution in [0.25, 0.3) is 28.1 Å². The number of hydrogen-bond acceptors (Lipinski definition) is 6. The van der Waals surface area contributed by atoms with Crippen molar-refractivity contribution < 1.29 is 9.59 Å². The second-order valence-corrected chi connectivity index (χ2v) is 9.16. The molecular weight excluding hydrogens is 488 g/mol. The largest absolute Gasteiger partial charge is 0.366 e. The molecule has 2 aromatic heterocycles. The lowest BCUT2D eigenvalue weighted by atomic mass is 10.2. The third-order valence-electron chi connectivity index (χ3n) is 5.54. The number of fused-ring (bicyclic) bond motifs is 1. The number of nitrogens with two attached hydrogens (primary N) is 2. The number of rotatable bonds is 7. The second-order valence-electron chi connectivity index (χ2n) is 8.09. The van der Waals surface area contributed by atoms with Gasteiger partial charge < -0.3 is 16.5 Å². The van der Waals surface area contributed by atoms with Gasteiger partial charge in [-0.25, -0.2) is 19.9 Å². The Morgan fingerprint density at radius 3 is 2.51 bits per heavy atom. The van der Waals surface area contributed by atoms with Crippen LogP contribution in [0.2, 0.25) is 0 Å². The smallest absolute Gasteiger partial charge is 0.332 e. The molecule has 0 saturated carbocycles. The maximum absolute atomic E-state index is 11.5. The molecule has 184 valence electrons. The molecule has 0 atom stereocenters. The van der Waals surface area contributed by atoms with Gasteiger partial charge in [0.2, 0.25) is 5.91 Å². The molecule has 0 saturated heterocycles. The van der Waals surface area contributed by atoms with E-state index in [1.54, 1.807) is 18.2 Å². The SMILES string of the molecule is Cc1nn(-c2ccccc2)c(Sc2ccc(-c3nc4ccc(C(N)=O)cc4[nH]3)cc2)c1/C=N/NC(N)=O. The zero-order valence-electron chi connectivity index (χ0n) is 19.7. The molecule has 0 radical (unpaired) electrons. The standard InChI is InChI=1S/C26H22N8O2S/c1-15-20(14-29-32-26(28)36)25(34(33-15)18-5-3-2-4-6-18)37-19-10-7-16(8-11-19)24-30-21-12-9-17(23(27)35)13-22(21)31-24/h2-14H,1H3,(H2,27,35)(H,30,31)(H3,28,32,36)/b29-14+. The van der Waals surface area contributed by atoms with Crippen molar-refractivity contribution in [2.24, 2.45) is 16.6 Å². The number of para-hydroxylation sites is 1. The minimum absolute atomic E-state index is 0.421. The Labute approximate surface area is 215 Å². The molecule has 5 aromatic rings. The molecule has 37 heavy (non-hydrogen) atoms. The maximum Gasteiger partial charge on any atom is 0.332 e. The molecule has 0 bridgehead atoms. The van der Waals surface area contributed by atoms with E-state index in [4.69, 9.17) is 16.6 Å². The number of benzene rings is 3. The Morgan fingerprint density at radius 2 is 1.81 bits per heavy atom. The van der Waals surface area contributed by atoms with E-state index in [0.29, 0.717) is 11.4 Å². The van der Waals surface area contributed by atoms with E-state index in [0.717, 1.165) is 43.5 Å². The molecule has 5 rings (SSSR count). The predicted octanol–water partition coefficient (Wildman–Crippen LogP) is 3.98. The summed E-state index contributed by atoms with van der Waals surface area (Å²) in [5, 5.41) is 9.47. The number of aromatic nitrogens is 4. The first-order valence-electron chi connectivity index (χ1n) is 11.2.